The minimum atomic E-state index is -0.393. The quantitative estimate of drug-likeness (QED) is 0.637. The molecule has 2 aromatic carbocycles. The smallest absolute Gasteiger partial charge is 0.206 e. The number of nitrogen functional groups attached to an aromatic ring is 1. The molecule has 0 saturated carbocycles. The first-order chi connectivity index (χ1) is 11.0. The number of carbonyl (C=O) groups excluding carboxylic acids is 1. The maximum atomic E-state index is 13.0. The molecule has 3 rings (SSSR count). The summed E-state index contributed by atoms with van der Waals surface area (Å²) in [6.45, 7) is 0. The zero-order valence-electron chi connectivity index (χ0n) is 11.7. The van der Waals surface area contributed by atoms with Crippen LogP contribution >= 0.6 is 27.3 Å². The van der Waals surface area contributed by atoms with Crippen LogP contribution in [0.4, 0.5) is 21.0 Å². The summed E-state index contributed by atoms with van der Waals surface area (Å²) >= 11 is 4.55. The third-order valence-corrected chi connectivity index (χ3v) is 4.52. The fourth-order valence-electron chi connectivity index (χ4n) is 1.97. The van der Waals surface area contributed by atoms with E-state index in [1.807, 2.05) is 24.3 Å². The van der Waals surface area contributed by atoms with Crippen molar-refractivity contribution >= 4 is 49.7 Å². The number of halogens is 2. The standard InChI is InChI=1S/C16H11BrFN3OS/c17-10-2-1-3-12(8-10)20-16-21-15(19)14(23-16)13(22)9-4-6-11(18)7-5-9/h1-8H,19H2,(H,20,21). The second-order valence-electron chi connectivity index (χ2n) is 4.70. The Morgan fingerprint density at radius 2 is 1.96 bits per heavy atom. The lowest BCUT2D eigenvalue weighted by Gasteiger charge is -2.02. The Balaban J connectivity index is 1.86. The highest BCUT2D eigenvalue weighted by Gasteiger charge is 2.18. The average molecular weight is 392 g/mol. The molecule has 1 heterocycles. The van der Waals surface area contributed by atoms with Gasteiger partial charge in [0.1, 0.15) is 16.5 Å². The monoisotopic (exact) mass is 391 g/mol. The maximum absolute atomic E-state index is 13.0. The Labute approximate surface area is 144 Å². The van der Waals surface area contributed by atoms with Crippen molar-refractivity contribution in [2.24, 2.45) is 0 Å². The molecule has 0 aliphatic heterocycles. The zero-order chi connectivity index (χ0) is 16.4. The lowest BCUT2D eigenvalue weighted by atomic mass is 10.1. The van der Waals surface area contributed by atoms with Gasteiger partial charge < -0.3 is 11.1 Å². The summed E-state index contributed by atoms with van der Waals surface area (Å²) in [6, 6.07) is 12.9. The highest BCUT2D eigenvalue weighted by Crippen LogP contribution is 2.30. The van der Waals surface area contributed by atoms with Gasteiger partial charge in [0.2, 0.25) is 5.78 Å². The van der Waals surface area contributed by atoms with Gasteiger partial charge in [0.15, 0.2) is 5.13 Å². The van der Waals surface area contributed by atoms with E-state index in [-0.39, 0.29) is 11.6 Å². The number of aromatic nitrogens is 1. The minimum absolute atomic E-state index is 0.154. The van der Waals surface area contributed by atoms with Gasteiger partial charge in [0.25, 0.3) is 0 Å². The Bertz CT molecular complexity index is 864. The minimum Gasteiger partial charge on any atom is -0.382 e. The van der Waals surface area contributed by atoms with Crippen LogP contribution in [-0.4, -0.2) is 10.8 Å². The number of nitrogens with zero attached hydrogens (tertiary/aromatic N) is 1. The normalized spacial score (nSPS) is 10.5. The summed E-state index contributed by atoms with van der Waals surface area (Å²) in [5.74, 6) is -0.514. The van der Waals surface area contributed by atoms with Crippen molar-refractivity contribution in [3.05, 3.63) is 69.3 Å². The van der Waals surface area contributed by atoms with Gasteiger partial charge in [-0.05, 0) is 42.5 Å². The molecule has 1 aromatic heterocycles. The molecule has 3 N–H and O–H groups in total. The summed E-state index contributed by atoms with van der Waals surface area (Å²) in [7, 11) is 0. The number of ketones is 1. The van der Waals surface area contributed by atoms with Crippen molar-refractivity contribution in [3.63, 3.8) is 0 Å². The molecule has 0 bridgehead atoms. The van der Waals surface area contributed by atoms with E-state index in [4.69, 9.17) is 5.73 Å². The number of nitrogens with two attached hydrogens (primary N) is 1. The Morgan fingerprint density at radius 3 is 2.65 bits per heavy atom. The van der Waals surface area contributed by atoms with Crippen molar-refractivity contribution in [1.29, 1.82) is 0 Å². The number of anilines is 3. The molecule has 0 saturated heterocycles. The summed E-state index contributed by atoms with van der Waals surface area (Å²) < 4.78 is 13.9. The van der Waals surface area contributed by atoms with Gasteiger partial charge in [0.05, 0.1) is 0 Å². The van der Waals surface area contributed by atoms with E-state index < -0.39 is 5.82 Å². The third-order valence-electron chi connectivity index (χ3n) is 3.04. The molecule has 0 radical (unpaired) electrons. The average Bonchev–Trinajstić information content (AvgIpc) is 2.88. The van der Waals surface area contributed by atoms with Gasteiger partial charge >= 0.3 is 0 Å². The van der Waals surface area contributed by atoms with E-state index in [0.29, 0.717) is 15.6 Å². The van der Waals surface area contributed by atoms with Crippen molar-refractivity contribution in [2.45, 2.75) is 0 Å². The molecule has 0 unspecified atom stereocenters. The van der Waals surface area contributed by atoms with Crippen molar-refractivity contribution < 1.29 is 9.18 Å². The predicted octanol–water partition coefficient (Wildman–Crippen LogP) is 4.60. The van der Waals surface area contributed by atoms with Crippen LogP contribution in [0, 0.1) is 5.82 Å². The number of thiazole rings is 1. The molecule has 4 nitrogen and oxygen atoms in total. The molecule has 0 amide bonds. The van der Waals surface area contributed by atoms with E-state index in [2.05, 4.69) is 26.2 Å². The second-order valence-corrected chi connectivity index (χ2v) is 6.62. The fourth-order valence-corrected chi connectivity index (χ4v) is 3.24. The highest BCUT2D eigenvalue weighted by molar-refractivity contribution is 9.10. The SMILES string of the molecule is Nc1nc(Nc2cccc(Br)c2)sc1C(=O)c1ccc(F)cc1. The first kappa shape index (κ1) is 15.6. The van der Waals surface area contributed by atoms with Crippen LogP contribution in [0.1, 0.15) is 15.2 Å². The van der Waals surface area contributed by atoms with Crippen LogP contribution < -0.4 is 11.1 Å². The first-order valence-electron chi connectivity index (χ1n) is 6.62. The number of hydrogen-bond donors (Lipinski definition) is 2. The molecule has 116 valence electrons. The lowest BCUT2D eigenvalue weighted by Crippen LogP contribution is -2.02. The van der Waals surface area contributed by atoms with Crippen LogP contribution in [-0.2, 0) is 0 Å². The van der Waals surface area contributed by atoms with Crippen LogP contribution in [0.2, 0.25) is 0 Å². The number of carbonyl (C=O) groups is 1. The molecule has 3 aromatic rings. The molecular formula is C16H11BrFN3OS. The number of nitrogens with one attached hydrogen (secondary N) is 1. The summed E-state index contributed by atoms with van der Waals surface area (Å²) in [5.41, 5.74) is 7.05. The third kappa shape index (κ3) is 3.57. The number of hydrogen-bond acceptors (Lipinski definition) is 5. The highest BCUT2D eigenvalue weighted by atomic mass is 79.9. The van der Waals surface area contributed by atoms with Gasteiger partial charge in [-0.25, -0.2) is 9.37 Å². The Morgan fingerprint density at radius 1 is 1.22 bits per heavy atom. The fraction of sp³-hybridized carbons (Fsp3) is 0. The Kier molecular flexibility index (Phi) is 4.40. The maximum Gasteiger partial charge on any atom is 0.206 e. The topological polar surface area (TPSA) is 68.0 Å². The molecule has 0 aliphatic carbocycles. The van der Waals surface area contributed by atoms with Gasteiger partial charge in [-0.3, -0.25) is 4.79 Å². The van der Waals surface area contributed by atoms with Gasteiger partial charge in [-0.2, -0.15) is 0 Å². The summed E-state index contributed by atoms with van der Waals surface area (Å²) in [6.07, 6.45) is 0. The molecular weight excluding hydrogens is 381 g/mol. The molecule has 0 atom stereocenters. The summed E-state index contributed by atoms with van der Waals surface area (Å²) in [5, 5.41) is 3.63. The van der Waals surface area contributed by atoms with Crippen LogP contribution in [0.15, 0.2) is 53.0 Å². The molecule has 0 spiro atoms. The molecule has 7 heteroatoms. The number of rotatable bonds is 4. The van der Waals surface area contributed by atoms with Gasteiger partial charge in [-0.1, -0.05) is 33.3 Å². The number of benzene rings is 2. The summed E-state index contributed by atoms with van der Waals surface area (Å²) in [4.78, 5) is 16.9. The lowest BCUT2D eigenvalue weighted by molar-refractivity contribution is 0.104. The Hall–Kier alpha value is -2.25. The molecule has 0 fully saturated rings. The van der Waals surface area contributed by atoms with E-state index >= 15 is 0 Å². The van der Waals surface area contributed by atoms with E-state index in [1.54, 1.807) is 0 Å². The van der Waals surface area contributed by atoms with Crippen LogP contribution in [0.5, 0.6) is 0 Å². The molecule has 23 heavy (non-hydrogen) atoms. The van der Waals surface area contributed by atoms with Gasteiger partial charge in [0, 0.05) is 15.7 Å². The molecule has 0 aliphatic rings. The first-order valence-corrected chi connectivity index (χ1v) is 8.23. The van der Waals surface area contributed by atoms with Crippen molar-refractivity contribution in [2.75, 3.05) is 11.1 Å². The largest absolute Gasteiger partial charge is 0.382 e. The van der Waals surface area contributed by atoms with E-state index in [9.17, 15) is 9.18 Å². The second kappa shape index (κ2) is 6.47. The van der Waals surface area contributed by atoms with Crippen LogP contribution in [0.25, 0.3) is 0 Å². The van der Waals surface area contributed by atoms with E-state index in [0.717, 1.165) is 21.5 Å². The van der Waals surface area contributed by atoms with Crippen molar-refractivity contribution in [1.82, 2.24) is 4.98 Å². The predicted molar refractivity (Wildman–Crippen MR) is 93.8 cm³/mol. The van der Waals surface area contributed by atoms with E-state index in [1.165, 1.54) is 24.3 Å². The van der Waals surface area contributed by atoms with Crippen LogP contribution in [0.3, 0.4) is 0 Å². The zero-order valence-corrected chi connectivity index (χ0v) is 14.1. The van der Waals surface area contributed by atoms with Crippen molar-refractivity contribution in [3.8, 4) is 0 Å². The van der Waals surface area contributed by atoms with Gasteiger partial charge in [-0.15, -0.1) is 0 Å².